The van der Waals surface area contributed by atoms with E-state index in [-0.39, 0.29) is 31.9 Å². The van der Waals surface area contributed by atoms with Gasteiger partial charge in [0.1, 0.15) is 5.82 Å². The minimum Gasteiger partial charge on any atom is -0.509 e. The molecule has 0 spiro atoms. The Hall–Kier alpha value is -7.60. The quantitative estimate of drug-likeness (QED) is 0.156. The van der Waals surface area contributed by atoms with Gasteiger partial charge in [0.05, 0.1) is 16.7 Å². The zero-order valence-electron chi connectivity index (χ0n) is 46.7. The third-order valence-corrected chi connectivity index (χ3v) is 14.2. The maximum atomic E-state index is 9.23. The van der Waals surface area contributed by atoms with E-state index < -0.39 is 14.0 Å². The van der Waals surface area contributed by atoms with E-state index in [0.717, 1.165) is 55.2 Å². The number of fused-ring (bicyclic) bond motifs is 10. The molecule has 12 aromatic rings. The summed E-state index contributed by atoms with van der Waals surface area (Å²) in [6, 6.07) is 60.6. The smallest absolute Gasteiger partial charge is 0.135 e. The second-order valence-electron chi connectivity index (χ2n) is 20.6. The second-order valence-corrected chi connectivity index (χ2v) is 20.6. The summed E-state index contributed by atoms with van der Waals surface area (Å²) in [7, 11) is 0. The molecule has 0 amide bonds. The maximum absolute atomic E-state index is 9.23. The van der Waals surface area contributed by atoms with Crippen LogP contribution in [0.25, 0.3) is 82.4 Å². The number of pyridine rings is 1. The van der Waals surface area contributed by atoms with E-state index in [0.29, 0.717) is 61.4 Å². The van der Waals surface area contributed by atoms with Gasteiger partial charge in [-0.1, -0.05) is 138 Å². The fourth-order valence-electron chi connectivity index (χ4n) is 10.7. The van der Waals surface area contributed by atoms with Crippen molar-refractivity contribution in [2.24, 2.45) is 14.0 Å². The van der Waals surface area contributed by atoms with Crippen molar-refractivity contribution in [3.8, 4) is 28.4 Å². The number of aryl methyl sites for hydroxylation is 2. The number of aromatic nitrogens is 4. The molecule has 5 heterocycles. The molecule has 0 bridgehead atoms. The van der Waals surface area contributed by atoms with Gasteiger partial charge in [-0.05, 0) is 75.4 Å². The molecule has 7 nitrogen and oxygen atoms in total. The fourth-order valence-corrected chi connectivity index (χ4v) is 10.7. The third-order valence-electron chi connectivity index (χ3n) is 14.2. The summed E-state index contributed by atoms with van der Waals surface area (Å²) in [6.45, 7) is 9.80. The predicted octanol–water partition coefficient (Wildman–Crippen LogP) is 16.5. The van der Waals surface area contributed by atoms with Crippen LogP contribution in [0, 0.1) is 18.8 Å². The van der Waals surface area contributed by atoms with E-state index in [1.807, 2.05) is 150 Å². The van der Waals surface area contributed by atoms with Gasteiger partial charge in [-0.3, -0.25) is 0 Å². The molecular weight excluding hydrogens is 1060 g/mol. The van der Waals surface area contributed by atoms with E-state index in [1.165, 1.54) is 20.3 Å². The van der Waals surface area contributed by atoms with Crippen LogP contribution in [0.4, 0.5) is 22.7 Å². The first-order valence-electron chi connectivity index (χ1n) is 27.0. The molecular formula is C64H53N6OPt-3. The Labute approximate surface area is 443 Å². The van der Waals surface area contributed by atoms with Crippen LogP contribution in [0.1, 0.15) is 60.9 Å². The van der Waals surface area contributed by atoms with E-state index in [2.05, 4.69) is 94.6 Å². The van der Waals surface area contributed by atoms with Crippen molar-refractivity contribution in [2.75, 3.05) is 9.80 Å². The van der Waals surface area contributed by atoms with Gasteiger partial charge in [0.25, 0.3) is 0 Å². The molecule has 4 aromatic heterocycles. The Kier molecular flexibility index (Phi) is 9.09. The Balaban J connectivity index is 0.00000609. The first-order valence-corrected chi connectivity index (χ1v) is 24.0. The molecule has 0 fully saturated rings. The van der Waals surface area contributed by atoms with E-state index in [9.17, 15) is 8.22 Å². The molecule has 8 aromatic carbocycles. The monoisotopic (exact) mass is 1120 g/mol. The van der Waals surface area contributed by atoms with Gasteiger partial charge in [-0.2, -0.15) is 12.1 Å². The minimum absolute atomic E-state index is 0. The Bertz CT molecular complexity index is 4260. The van der Waals surface area contributed by atoms with Crippen LogP contribution in [-0.2, 0) is 45.8 Å². The number of rotatable bonds is 6. The van der Waals surface area contributed by atoms with E-state index in [1.54, 1.807) is 0 Å². The molecule has 0 saturated carbocycles. The zero-order valence-corrected chi connectivity index (χ0v) is 42.9. The van der Waals surface area contributed by atoms with Crippen molar-refractivity contribution in [1.82, 2.24) is 18.7 Å². The van der Waals surface area contributed by atoms with Crippen LogP contribution in [0.2, 0.25) is 0 Å². The van der Waals surface area contributed by atoms with Gasteiger partial charge in [0, 0.05) is 116 Å². The topological polar surface area (TPSA) is 43.4 Å². The van der Waals surface area contributed by atoms with E-state index >= 15 is 0 Å². The number of benzene rings is 8. The molecule has 8 heteroatoms. The van der Waals surface area contributed by atoms with Crippen LogP contribution < -0.4 is 14.5 Å². The molecule has 13 rings (SSSR count). The van der Waals surface area contributed by atoms with Crippen LogP contribution in [0.5, 0.6) is 11.5 Å². The first kappa shape index (κ1) is 39.1. The number of hydrogen-bond donors (Lipinski definition) is 0. The molecule has 72 heavy (non-hydrogen) atoms. The van der Waals surface area contributed by atoms with Crippen molar-refractivity contribution in [3.05, 3.63) is 200 Å². The van der Waals surface area contributed by atoms with Gasteiger partial charge in [-0.25, -0.2) is 4.98 Å². The van der Waals surface area contributed by atoms with Crippen LogP contribution in [0.3, 0.4) is 0 Å². The first-order chi connectivity index (χ1) is 36.8. The molecule has 0 unspecified atom stereocenters. The SMILES string of the molecule is [2H]C([2H])([2H])n1c2ccccc2c2c(-c3ccccc3)c3c4ccccc4n(C([2H])([2H])[2H])c3c(N3[CH-]N(c4[c-]c(Oc5[c-]c6c(cc5)c5cc(C(C)(C)C)ccc5n6-c5cc(C(C)(C)C)ccn5)ccc4)c4ccccc43)c21.[Pt]. The number of ether oxygens (including phenoxy) is 1. The van der Waals surface area contributed by atoms with E-state index in [4.69, 9.17) is 9.72 Å². The average molecular weight is 1120 g/mol. The molecule has 1 aliphatic heterocycles. The predicted molar refractivity (Wildman–Crippen MR) is 295 cm³/mol. The summed E-state index contributed by atoms with van der Waals surface area (Å²) in [5, 5.41) is 4.98. The summed E-state index contributed by atoms with van der Waals surface area (Å²) >= 11 is 0. The molecule has 0 N–H and O–H groups in total. The Morgan fingerprint density at radius 3 is 1.82 bits per heavy atom. The second kappa shape index (κ2) is 16.7. The fraction of sp³-hybridized carbons (Fsp3) is 0.156. The standard InChI is InChI=1S/C64H53N6O.Pt/c1-63(2,3)41-29-32-52-49(35-41)46-31-30-45(38-55(46)70(52)56-36-42(33-34-65-56)64(4,5)6)71-44-22-18-21-43(37-44)68-39-69(54-28-17-16-27-53(54)68)62-60-58(47-23-12-14-25-50(47)66(60)7)57(40-19-10-9-11-20-40)59-48-24-13-15-26-51(48)67(8)61(59)62;/h9-36,39H,1-8H3;/q-3;/i7D3,8D3;. The van der Waals surface area contributed by atoms with Crippen LogP contribution >= 0.6 is 0 Å². The Morgan fingerprint density at radius 1 is 0.542 bits per heavy atom. The minimum atomic E-state index is -2.69. The summed E-state index contributed by atoms with van der Waals surface area (Å²) in [5.41, 5.74) is 9.91. The van der Waals surface area contributed by atoms with Crippen molar-refractivity contribution in [1.29, 1.82) is 0 Å². The molecule has 0 aliphatic carbocycles. The number of hydrogen-bond acceptors (Lipinski definition) is 4. The normalized spacial score (nSPS) is 14.6. The summed E-state index contributed by atoms with van der Waals surface area (Å²) in [4.78, 5) is 8.85. The third kappa shape index (κ3) is 6.99. The van der Waals surface area contributed by atoms with Crippen molar-refractivity contribution < 1.29 is 34.0 Å². The molecule has 0 atom stereocenters. The van der Waals surface area contributed by atoms with Gasteiger partial charge >= 0.3 is 0 Å². The number of nitrogens with zero attached hydrogens (tertiary/aromatic N) is 6. The molecule has 1 aliphatic rings. The largest absolute Gasteiger partial charge is 0.509 e. The molecule has 0 radical (unpaired) electrons. The maximum Gasteiger partial charge on any atom is 0.135 e. The van der Waals surface area contributed by atoms with Gasteiger partial charge in [0.2, 0.25) is 0 Å². The molecule has 0 saturated heterocycles. The number of anilines is 4. The molecule has 358 valence electrons. The summed E-state index contributed by atoms with van der Waals surface area (Å²) < 4.78 is 67.1. The summed E-state index contributed by atoms with van der Waals surface area (Å²) in [5.74, 6) is 1.72. The van der Waals surface area contributed by atoms with Crippen LogP contribution in [0.15, 0.2) is 170 Å². The van der Waals surface area contributed by atoms with Crippen molar-refractivity contribution >= 4 is 88.2 Å². The van der Waals surface area contributed by atoms with Gasteiger partial charge < -0.3 is 28.2 Å². The Morgan fingerprint density at radius 2 is 1.15 bits per heavy atom. The van der Waals surface area contributed by atoms with Crippen molar-refractivity contribution in [2.45, 2.75) is 52.4 Å². The van der Waals surface area contributed by atoms with Crippen molar-refractivity contribution in [3.63, 3.8) is 0 Å². The van der Waals surface area contributed by atoms with Gasteiger partial charge in [0.15, 0.2) is 0 Å². The summed E-state index contributed by atoms with van der Waals surface area (Å²) in [6.07, 6.45) is 1.87. The van der Waals surface area contributed by atoms with Gasteiger partial charge in [-0.15, -0.1) is 48.1 Å². The van der Waals surface area contributed by atoms with Crippen LogP contribution in [-0.4, -0.2) is 18.7 Å². The average Bonchev–Trinajstić information content (AvgIpc) is 3.99. The zero-order chi connectivity index (χ0) is 53.5. The number of para-hydroxylation sites is 4.